The van der Waals surface area contributed by atoms with Crippen LogP contribution in [0.3, 0.4) is 0 Å². The lowest BCUT2D eigenvalue weighted by atomic mass is 10.2. The van der Waals surface area contributed by atoms with E-state index in [-0.39, 0.29) is 5.92 Å². The van der Waals surface area contributed by atoms with Gasteiger partial charge in [-0.1, -0.05) is 41.5 Å². The van der Waals surface area contributed by atoms with Crippen LogP contribution in [0.25, 0.3) is 0 Å². The summed E-state index contributed by atoms with van der Waals surface area (Å²) in [5.74, 6) is -0.972. The third-order valence-electron chi connectivity index (χ3n) is 0.494. The summed E-state index contributed by atoms with van der Waals surface area (Å²) in [6.07, 6.45) is 0. The molecule has 0 unspecified atom stereocenters. The van der Waals surface area contributed by atoms with Crippen LogP contribution in [-0.2, 0) is 4.79 Å². The number of hydrogen-bond acceptors (Lipinski definition) is 1. The summed E-state index contributed by atoms with van der Waals surface area (Å²) >= 11 is 0. The molecule has 0 fully saturated rings. The van der Waals surface area contributed by atoms with Crippen molar-refractivity contribution in [3.63, 3.8) is 0 Å². The fraction of sp³-hybridized carbons (Fsp3) is 0.700. The fourth-order valence-corrected chi connectivity index (χ4v) is 0. The van der Waals surface area contributed by atoms with Crippen molar-refractivity contribution in [2.45, 2.75) is 41.5 Å². The van der Waals surface area contributed by atoms with Gasteiger partial charge in [-0.25, -0.2) is 0 Å². The van der Waals surface area contributed by atoms with Crippen LogP contribution in [0, 0.1) is 5.92 Å². The first-order valence-corrected chi connectivity index (χ1v) is 4.37. The molecule has 0 aromatic carbocycles. The third kappa shape index (κ3) is 60.2. The summed E-state index contributed by atoms with van der Waals surface area (Å²) in [5.41, 5.74) is 0. The maximum Gasteiger partial charge on any atom is 0.305 e. The fourth-order valence-electron chi connectivity index (χ4n) is 0. The van der Waals surface area contributed by atoms with Crippen molar-refractivity contribution in [1.82, 2.24) is 0 Å². The highest BCUT2D eigenvalue weighted by molar-refractivity contribution is 5.68. The first-order valence-electron chi connectivity index (χ1n) is 4.37. The van der Waals surface area contributed by atoms with Gasteiger partial charge < -0.3 is 5.11 Å². The average molecular weight is 176 g/mol. The molecule has 0 spiro atoms. The van der Waals surface area contributed by atoms with Crippen LogP contribution < -0.4 is 0 Å². The Bertz CT molecular complexity index is 68.2. The Hall–Kier alpha value is -0.790. The monoisotopic (exact) mass is 176 g/mol. The lowest BCUT2D eigenvalue weighted by molar-refractivity contribution is -0.140. The van der Waals surface area contributed by atoms with Crippen molar-refractivity contribution in [2.75, 3.05) is 0 Å². The predicted molar refractivity (Wildman–Crippen MR) is 56.4 cm³/mol. The Kier molecular flexibility index (Phi) is 59.8. The van der Waals surface area contributed by atoms with E-state index < -0.39 is 5.97 Å². The molecule has 12 heavy (non-hydrogen) atoms. The Labute approximate surface area is 77.3 Å². The SMILES string of the molecule is C=C.CC.CC.CC(C)C(=O)O. The van der Waals surface area contributed by atoms with Gasteiger partial charge in [0.25, 0.3) is 0 Å². The third-order valence-corrected chi connectivity index (χ3v) is 0.494. The van der Waals surface area contributed by atoms with E-state index in [4.69, 9.17) is 5.11 Å². The van der Waals surface area contributed by atoms with E-state index in [1.165, 1.54) is 0 Å². The van der Waals surface area contributed by atoms with Gasteiger partial charge in [0.1, 0.15) is 0 Å². The topological polar surface area (TPSA) is 37.3 Å². The minimum Gasteiger partial charge on any atom is -0.481 e. The molecule has 0 radical (unpaired) electrons. The van der Waals surface area contributed by atoms with Crippen LogP contribution in [0.1, 0.15) is 41.5 Å². The van der Waals surface area contributed by atoms with Crippen LogP contribution in [0.2, 0.25) is 0 Å². The van der Waals surface area contributed by atoms with Gasteiger partial charge in [0.15, 0.2) is 0 Å². The normalized spacial score (nSPS) is 5.92. The van der Waals surface area contributed by atoms with Crippen molar-refractivity contribution < 1.29 is 9.90 Å². The largest absolute Gasteiger partial charge is 0.481 e. The van der Waals surface area contributed by atoms with Crippen molar-refractivity contribution in [3.05, 3.63) is 13.2 Å². The Morgan fingerprint density at radius 1 is 1.08 bits per heavy atom. The van der Waals surface area contributed by atoms with E-state index in [0.717, 1.165) is 0 Å². The minimum atomic E-state index is -0.741. The zero-order chi connectivity index (χ0) is 11.2. The predicted octanol–water partition coefficient (Wildman–Crippen LogP) is 3.58. The highest BCUT2D eigenvalue weighted by atomic mass is 16.4. The Balaban J connectivity index is -0.0000000453. The van der Waals surface area contributed by atoms with Gasteiger partial charge in [0, 0.05) is 0 Å². The lowest BCUT2D eigenvalue weighted by Crippen LogP contribution is -2.03. The molecule has 0 amide bonds. The maximum atomic E-state index is 9.70. The molecule has 0 aliphatic rings. The van der Waals surface area contributed by atoms with E-state index in [1.54, 1.807) is 13.8 Å². The number of hydrogen-bond donors (Lipinski definition) is 1. The van der Waals surface area contributed by atoms with E-state index in [0.29, 0.717) is 0 Å². The molecule has 0 atom stereocenters. The first kappa shape index (κ1) is 22.5. The highest BCUT2D eigenvalue weighted by Crippen LogP contribution is 1.87. The molecular weight excluding hydrogens is 152 g/mol. The Morgan fingerprint density at radius 2 is 1.17 bits per heavy atom. The smallest absolute Gasteiger partial charge is 0.305 e. The number of carbonyl (C=O) groups is 1. The molecule has 0 heterocycles. The molecule has 0 saturated heterocycles. The summed E-state index contributed by atoms with van der Waals surface area (Å²) in [4.78, 5) is 9.70. The molecule has 0 aromatic heterocycles. The van der Waals surface area contributed by atoms with E-state index in [2.05, 4.69) is 13.2 Å². The summed E-state index contributed by atoms with van der Waals surface area (Å²) < 4.78 is 0. The molecule has 0 bridgehead atoms. The second-order valence-corrected chi connectivity index (χ2v) is 1.49. The molecule has 76 valence electrons. The zero-order valence-electron chi connectivity index (χ0n) is 9.35. The number of carboxylic acid groups (broad SMARTS) is 1. The van der Waals surface area contributed by atoms with Gasteiger partial charge in [-0.2, -0.15) is 0 Å². The van der Waals surface area contributed by atoms with Gasteiger partial charge in [0.2, 0.25) is 0 Å². The van der Waals surface area contributed by atoms with Crippen LogP contribution in [0.15, 0.2) is 13.2 Å². The molecule has 2 heteroatoms. The van der Waals surface area contributed by atoms with E-state index >= 15 is 0 Å². The van der Waals surface area contributed by atoms with Crippen molar-refractivity contribution in [1.29, 1.82) is 0 Å². The van der Waals surface area contributed by atoms with Gasteiger partial charge in [-0.3, -0.25) is 4.79 Å². The summed E-state index contributed by atoms with van der Waals surface area (Å²) in [7, 11) is 0. The minimum absolute atomic E-state index is 0.231. The standard InChI is InChI=1S/C4H8O2.2C2H6.C2H4/c1-3(2)4(5)6;3*1-2/h3H,1-2H3,(H,5,6);2*1-2H3;1-2H2. The first-order chi connectivity index (χ1) is 5.64. The number of aliphatic carboxylic acids is 1. The molecule has 0 rings (SSSR count). The van der Waals surface area contributed by atoms with Crippen molar-refractivity contribution in [2.24, 2.45) is 5.92 Å². The summed E-state index contributed by atoms with van der Waals surface area (Å²) in [6, 6.07) is 0. The second kappa shape index (κ2) is 31.9. The molecule has 2 nitrogen and oxygen atoms in total. The van der Waals surface area contributed by atoms with Crippen LogP contribution in [0.5, 0.6) is 0 Å². The maximum absolute atomic E-state index is 9.70. The van der Waals surface area contributed by atoms with Crippen molar-refractivity contribution >= 4 is 5.97 Å². The second-order valence-electron chi connectivity index (χ2n) is 1.49. The summed E-state index contributed by atoms with van der Waals surface area (Å²) in [5, 5.41) is 7.99. The van der Waals surface area contributed by atoms with Gasteiger partial charge in [-0.15, -0.1) is 13.2 Å². The molecule has 0 aromatic rings. The van der Waals surface area contributed by atoms with Gasteiger partial charge in [-0.05, 0) is 0 Å². The number of rotatable bonds is 1. The molecular formula is C10H24O2. The molecule has 0 saturated carbocycles. The molecule has 0 aliphatic heterocycles. The summed E-state index contributed by atoms with van der Waals surface area (Å²) in [6.45, 7) is 17.3. The Morgan fingerprint density at radius 3 is 1.17 bits per heavy atom. The molecule has 0 aliphatic carbocycles. The highest BCUT2D eigenvalue weighted by Gasteiger charge is 1.99. The van der Waals surface area contributed by atoms with E-state index in [1.807, 2.05) is 27.7 Å². The zero-order valence-corrected chi connectivity index (χ0v) is 9.35. The number of carboxylic acids is 1. The molecule has 1 N–H and O–H groups in total. The quantitative estimate of drug-likeness (QED) is 0.620. The van der Waals surface area contributed by atoms with E-state index in [9.17, 15) is 4.79 Å². The van der Waals surface area contributed by atoms with Crippen LogP contribution >= 0.6 is 0 Å². The van der Waals surface area contributed by atoms with Crippen LogP contribution in [-0.4, -0.2) is 11.1 Å². The van der Waals surface area contributed by atoms with Crippen LogP contribution in [0.4, 0.5) is 0 Å². The lowest BCUT2D eigenvalue weighted by Gasteiger charge is -1.89. The van der Waals surface area contributed by atoms with Gasteiger partial charge >= 0.3 is 5.97 Å². The average Bonchev–Trinajstić information content (AvgIpc) is 2.14. The van der Waals surface area contributed by atoms with Crippen molar-refractivity contribution in [3.8, 4) is 0 Å². The van der Waals surface area contributed by atoms with Gasteiger partial charge in [0.05, 0.1) is 5.92 Å².